The molecule has 0 bridgehead atoms. The number of aliphatic hydroxyl groups is 2. The van der Waals surface area contributed by atoms with Crippen molar-refractivity contribution in [3.05, 3.63) is 0 Å². The van der Waals surface area contributed by atoms with Crippen molar-refractivity contribution in [2.75, 3.05) is 0 Å². The van der Waals surface area contributed by atoms with Crippen LogP contribution in [0.2, 0.25) is 0 Å². The van der Waals surface area contributed by atoms with Crippen LogP contribution in [0, 0.1) is 50.7 Å². The Balaban J connectivity index is 1.37. The van der Waals surface area contributed by atoms with Crippen LogP contribution >= 0.6 is 0 Å². The van der Waals surface area contributed by atoms with Gasteiger partial charge in [0.05, 0.1) is 11.7 Å². The SMILES string of the molecule is CC(CCC(O)C(C)(C)O)[C@@H]1CC[C@@]2(C)[C@@H]3CC[C@H]4C(C)(C)C(=O)CC[C@@]45C[C@@]35CC[C@]12C. The molecule has 5 fully saturated rings. The molecule has 0 aromatic carbocycles. The van der Waals surface area contributed by atoms with Crippen molar-refractivity contribution in [2.24, 2.45) is 50.7 Å². The second-order valence-electron chi connectivity index (χ2n) is 15.0. The zero-order chi connectivity index (χ0) is 24.2. The van der Waals surface area contributed by atoms with Gasteiger partial charge in [0, 0.05) is 11.8 Å². The fourth-order valence-electron chi connectivity index (χ4n) is 11.1. The summed E-state index contributed by atoms with van der Waals surface area (Å²) in [6.45, 7) is 15.7. The molecule has 0 heterocycles. The summed E-state index contributed by atoms with van der Waals surface area (Å²) in [7, 11) is 0. The lowest BCUT2D eigenvalue weighted by atomic mass is 9.42. The van der Waals surface area contributed by atoms with E-state index in [1.54, 1.807) is 13.8 Å². The van der Waals surface area contributed by atoms with Crippen molar-refractivity contribution in [3.63, 3.8) is 0 Å². The highest BCUT2D eigenvalue weighted by Gasteiger charge is 2.82. The normalized spacial score (nSPS) is 50.0. The number of ketones is 1. The summed E-state index contributed by atoms with van der Waals surface area (Å²) >= 11 is 0. The molecule has 9 atom stereocenters. The largest absolute Gasteiger partial charge is 0.390 e. The van der Waals surface area contributed by atoms with Gasteiger partial charge in [-0.2, -0.15) is 0 Å². The van der Waals surface area contributed by atoms with Crippen LogP contribution in [-0.4, -0.2) is 27.7 Å². The van der Waals surface area contributed by atoms with E-state index in [9.17, 15) is 15.0 Å². The van der Waals surface area contributed by atoms with Crippen LogP contribution in [0.15, 0.2) is 0 Å². The summed E-state index contributed by atoms with van der Waals surface area (Å²) in [6, 6.07) is 0. The van der Waals surface area contributed by atoms with Gasteiger partial charge >= 0.3 is 0 Å². The van der Waals surface area contributed by atoms with Crippen molar-refractivity contribution in [1.82, 2.24) is 0 Å². The van der Waals surface area contributed by atoms with Gasteiger partial charge < -0.3 is 10.2 Å². The first kappa shape index (κ1) is 24.3. The predicted octanol–water partition coefficient (Wildman–Crippen LogP) is 6.54. The Bertz CT molecular complexity index is 825. The molecule has 5 saturated carbocycles. The maximum Gasteiger partial charge on any atom is 0.138 e. The van der Waals surface area contributed by atoms with Crippen LogP contribution in [0.25, 0.3) is 0 Å². The molecule has 0 aromatic rings. The highest BCUT2D eigenvalue weighted by Crippen LogP contribution is 2.88. The monoisotopic (exact) mass is 458 g/mol. The van der Waals surface area contributed by atoms with Gasteiger partial charge in [0.15, 0.2) is 0 Å². The molecular weight excluding hydrogens is 408 g/mol. The smallest absolute Gasteiger partial charge is 0.138 e. The fourth-order valence-corrected chi connectivity index (χ4v) is 11.1. The van der Waals surface area contributed by atoms with E-state index in [1.165, 1.54) is 44.9 Å². The number of hydrogen-bond acceptors (Lipinski definition) is 3. The van der Waals surface area contributed by atoms with Crippen molar-refractivity contribution >= 4 is 5.78 Å². The molecule has 0 aliphatic heterocycles. The number of carbonyl (C=O) groups is 1. The molecule has 3 heteroatoms. The van der Waals surface area contributed by atoms with Crippen molar-refractivity contribution in [2.45, 2.75) is 131 Å². The Morgan fingerprint density at radius 3 is 2.21 bits per heavy atom. The van der Waals surface area contributed by atoms with E-state index >= 15 is 0 Å². The molecule has 33 heavy (non-hydrogen) atoms. The van der Waals surface area contributed by atoms with Gasteiger partial charge in [-0.3, -0.25) is 4.79 Å². The van der Waals surface area contributed by atoms with Crippen LogP contribution < -0.4 is 0 Å². The van der Waals surface area contributed by atoms with Crippen LogP contribution in [-0.2, 0) is 4.79 Å². The predicted molar refractivity (Wildman–Crippen MR) is 133 cm³/mol. The van der Waals surface area contributed by atoms with Crippen LogP contribution in [0.4, 0.5) is 0 Å². The standard InChI is InChI=1S/C30H50O3/c1-19(8-11-24(32)26(4,5)33)20-12-14-28(7)22-10-9-21-25(2,3)23(31)13-15-29(21)18-30(22,29)17-16-27(20,28)6/h19-22,24,32-33H,8-18H2,1-7H3/t19?,20-,21-,22-,24?,27+,28-,29+,30-/m0/s1. The molecule has 188 valence electrons. The van der Waals surface area contributed by atoms with Gasteiger partial charge in [-0.15, -0.1) is 0 Å². The summed E-state index contributed by atoms with van der Waals surface area (Å²) < 4.78 is 0. The van der Waals surface area contributed by atoms with E-state index in [0.717, 1.165) is 25.2 Å². The van der Waals surface area contributed by atoms with E-state index in [-0.39, 0.29) is 5.41 Å². The zero-order valence-electron chi connectivity index (χ0n) is 22.5. The minimum atomic E-state index is -1.01. The second-order valence-corrected chi connectivity index (χ2v) is 15.0. The highest BCUT2D eigenvalue weighted by atomic mass is 16.3. The second kappa shape index (κ2) is 7.09. The lowest BCUT2D eigenvalue weighted by Crippen LogP contribution is -2.57. The molecule has 0 radical (unpaired) electrons. The van der Waals surface area contributed by atoms with Gasteiger partial charge in [-0.05, 0) is 123 Å². The third kappa shape index (κ3) is 2.96. The van der Waals surface area contributed by atoms with E-state index in [1.807, 2.05) is 0 Å². The van der Waals surface area contributed by atoms with E-state index < -0.39 is 11.7 Å². The van der Waals surface area contributed by atoms with Crippen LogP contribution in [0.1, 0.15) is 119 Å². The number of rotatable bonds is 5. The topological polar surface area (TPSA) is 57.5 Å². The first-order valence-corrected chi connectivity index (χ1v) is 14.1. The third-order valence-corrected chi connectivity index (χ3v) is 13.3. The molecule has 2 unspecified atom stereocenters. The van der Waals surface area contributed by atoms with Gasteiger partial charge in [-0.1, -0.05) is 34.6 Å². The molecular formula is C30H50O3. The number of carbonyl (C=O) groups excluding carboxylic acids is 1. The first-order chi connectivity index (χ1) is 15.2. The lowest BCUT2D eigenvalue weighted by molar-refractivity contribution is -0.157. The minimum Gasteiger partial charge on any atom is -0.390 e. The molecule has 2 N–H and O–H groups in total. The van der Waals surface area contributed by atoms with Crippen molar-refractivity contribution in [1.29, 1.82) is 0 Å². The molecule has 0 aromatic heterocycles. The van der Waals surface area contributed by atoms with E-state index in [0.29, 0.717) is 51.6 Å². The van der Waals surface area contributed by atoms with Gasteiger partial charge in [0.1, 0.15) is 5.78 Å². The summed E-state index contributed by atoms with van der Waals surface area (Å²) in [5, 5.41) is 20.6. The molecule has 5 aliphatic carbocycles. The van der Waals surface area contributed by atoms with Crippen molar-refractivity contribution in [3.8, 4) is 0 Å². The molecule has 2 spiro atoms. The average molecular weight is 459 g/mol. The summed E-state index contributed by atoms with van der Waals surface area (Å²) in [5.41, 5.74) is 0.606. The van der Waals surface area contributed by atoms with E-state index in [2.05, 4.69) is 34.6 Å². The molecule has 0 amide bonds. The number of fused-ring (bicyclic) bond motifs is 2. The number of aliphatic hydroxyl groups excluding tert-OH is 1. The molecule has 5 aliphatic rings. The Hall–Kier alpha value is -0.410. The average Bonchev–Trinajstić information content (AvgIpc) is 3.31. The zero-order valence-corrected chi connectivity index (χ0v) is 22.5. The fraction of sp³-hybridized carbons (Fsp3) is 0.967. The third-order valence-electron chi connectivity index (χ3n) is 13.3. The van der Waals surface area contributed by atoms with Gasteiger partial charge in [0.25, 0.3) is 0 Å². The Morgan fingerprint density at radius 1 is 0.909 bits per heavy atom. The van der Waals surface area contributed by atoms with Gasteiger partial charge in [-0.25, -0.2) is 0 Å². The van der Waals surface area contributed by atoms with Gasteiger partial charge in [0.2, 0.25) is 0 Å². The lowest BCUT2D eigenvalue weighted by Gasteiger charge is -2.62. The minimum absolute atomic E-state index is 0.123. The van der Waals surface area contributed by atoms with Crippen LogP contribution in [0.5, 0.6) is 0 Å². The quantitative estimate of drug-likeness (QED) is 0.491. The Morgan fingerprint density at radius 2 is 1.55 bits per heavy atom. The number of hydrogen-bond donors (Lipinski definition) is 2. The van der Waals surface area contributed by atoms with Crippen LogP contribution in [0.3, 0.4) is 0 Å². The van der Waals surface area contributed by atoms with Crippen molar-refractivity contribution < 1.29 is 15.0 Å². The highest BCUT2D eigenvalue weighted by molar-refractivity contribution is 5.86. The Kier molecular flexibility index (Phi) is 5.22. The maximum atomic E-state index is 12.8. The Labute approximate surface area is 202 Å². The summed E-state index contributed by atoms with van der Waals surface area (Å²) in [5.74, 6) is 3.25. The molecule has 5 rings (SSSR count). The molecule has 0 saturated heterocycles. The summed E-state index contributed by atoms with van der Waals surface area (Å²) in [6.07, 6.45) is 12.4. The first-order valence-electron chi connectivity index (χ1n) is 14.1. The molecule has 3 nitrogen and oxygen atoms in total. The number of Topliss-reactive ketones (excluding diaryl/α,β-unsaturated/α-hetero) is 1. The van der Waals surface area contributed by atoms with E-state index in [4.69, 9.17) is 0 Å². The summed E-state index contributed by atoms with van der Waals surface area (Å²) in [4.78, 5) is 12.8. The maximum absolute atomic E-state index is 12.8.